The van der Waals surface area contributed by atoms with Crippen LogP contribution in [-0.4, -0.2) is 16.2 Å². The Labute approximate surface area is 126 Å². The van der Waals surface area contributed by atoms with Crippen molar-refractivity contribution in [2.24, 2.45) is 10.2 Å². The number of carboxylic acid groups (broad SMARTS) is 1. The molecule has 0 saturated heterocycles. The summed E-state index contributed by atoms with van der Waals surface area (Å²) < 4.78 is 0. The van der Waals surface area contributed by atoms with Gasteiger partial charge in [-0.1, -0.05) is 42.5 Å². The van der Waals surface area contributed by atoms with E-state index in [1.54, 1.807) is 30.3 Å². The lowest BCUT2D eigenvalue weighted by Crippen LogP contribution is -1.95. The van der Waals surface area contributed by atoms with Gasteiger partial charge in [0.05, 0.1) is 5.56 Å². The monoisotopic (exact) mass is 292 g/mol. The molecule has 0 aromatic heterocycles. The number of phenolic OH excluding ortho intramolecular Hbond substituents is 1. The number of benzene rings is 3. The van der Waals surface area contributed by atoms with Gasteiger partial charge in [0, 0.05) is 5.39 Å². The molecule has 0 amide bonds. The molecule has 0 radical (unpaired) electrons. The molecule has 3 rings (SSSR count). The van der Waals surface area contributed by atoms with Gasteiger partial charge in [-0.25, -0.2) is 4.79 Å². The lowest BCUT2D eigenvalue weighted by atomic mass is 10.1. The van der Waals surface area contributed by atoms with E-state index in [-0.39, 0.29) is 17.0 Å². The fourth-order valence-corrected chi connectivity index (χ4v) is 2.19. The van der Waals surface area contributed by atoms with Crippen molar-refractivity contribution < 1.29 is 15.0 Å². The molecule has 3 aromatic rings. The van der Waals surface area contributed by atoms with E-state index < -0.39 is 5.97 Å². The molecular formula is C17H12N2O3. The third-order valence-electron chi connectivity index (χ3n) is 3.27. The number of hydrogen-bond acceptors (Lipinski definition) is 4. The van der Waals surface area contributed by atoms with E-state index in [1.807, 2.05) is 24.3 Å². The SMILES string of the molecule is O=C(O)c1ccccc1N=Nc1c(O)ccc2ccccc12. The summed E-state index contributed by atoms with van der Waals surface area (Å²) in [6, 6.07) is 17.1. The number of aromatic carboxylic acids is 1. The molecule has 0 aliphatic heterocycles. The number of carboxylic acids is 1. The number of nitrogens with zero attached hydrogens (tertiary/aromatic N) is 2. The maximum absolute atomic E-state index is 11.2. The zero-order valence-corrected chi connectivity index (χ0v) is 11.5. The standard InChI is InChI=1S/C17H12N2O3/c20-15-10-9-11-5-1-2-6-12(11)16(15)19-18-14-8-4-3-7-13(14)17(21)22/h1-10,20H,(H,21,22). The highest BCUT2D eigenvalue weighted by Gasteiger charge is 2.09. The number of hydrogen-bond donors (Lipinski definition) is 2. The fraction of sp³-hybridized carbons (Fsp3) is 0. The van der Waals surface area contributed by atoms with E-state index in [4.69, 9.17) is 5.11 Å². The number of azo groups is 1. The van der Waals surface area contributed by atoms with Crippen LogP contribution in [0.2, 0.25) is 0 Å². The van der Waals surface area contributed by atoms with Crippen molar-refractivity contribution in [1.82, 2.24) is 0 Å². The zero-order valence-electron chi connectivity index (χ0n) is 11.5. The smallest absolute Gasteiger partial charge is 0.337 e. The van der Waals surface area contributed by atoms with E-state index in [2.05, 4.69) is 10.2 Å². The normalized spacial score (nSPS) is 11.1. The number of phenols is 1. The van der Waals surface area contributed by atoms with Crippen molar-refractivity contribution in [3.63, 3.8) is 0 Å². The Morgan fingerprint density at radius 1 is 0.864 bits per heavy atom. The van der Waals surface area contributed by atoms with Crippen LogP contribution < -0.4 is 0 Å². The van der Waals surface area contributed by atoms with Gasteiger partial charge in [-0.15, -0.1) is 10.2 Å². The molecule has 5 heteroatoms. The van der Waals surface area contributed by atoms with Crippen molar-refractivity contribution in [2.75, 3.05) is 0 Å². The molecule has 0 unspecified atom stereocenters. The first-order valence-electron chi connectivity index (χ1n) is 6.61. The summed E-state index contributed by atoms with van der Waals surface area (Å²) in [4.78, 5) is 11.2. The van der Waals surface area contributed by atoms with Crippen LogP contribution in [0.1, 0.15) is 10.4 Å². The van der Waals surface area contributed by atoms with E-state index >= 15 is 0 Å². The number of aromatic hydroxyl groups is 1. The van der Waals surface area contributed by atoms with Crippen LogP contribution in [0.25, 0.3) is 10.8 Å². The quantitative estimate of drug-likeness (QED) is 0.689. The van der Waals surface area contributed by atoms with Gasteiger partial charge in [0.2, 0.25) is 0 Å². The highest BCUT2D eigenvalue weighted by Crippen LogP contribution is 2.36. The predicted octanol–water partition coefficient (Wildman–Crippen LogP) is 4.66. The van der Waals surface area contributed by atoms with Crippen molar-refractivity contribution in [3.05, 3.63) is 66.2 Å². The van der Waals surface area contributed by atoms with Crippen LogP contribution in [0.15, 0.2) is 70.9 Å². The molecule has 0 heterocycles. The van der Waals surface area contributed by atoms with E-state index in [1.165, 1.54) is 6.07 Å². The molecule has 0 aliphatic carbocycles. The highest BCUT2D eigenvalue weighted by molar-refractivity contribution is 5.95. The van der Waals surface area contributed by atoms with Gasteiger partial charge >= 0.3 is 5.97 Å². The topological polar surface area (TPSA) is 82.2 Å². The molecule has 108 valence electrons. The Morgan fingerprint density at radius 3 is 2.41 bits per heavy atom. The molecule has 3 aromatic carbocycles. The third kappa shape index (κ3) is 2.52. The Kier molecular flexibility index (Phi) is 3.53. The highest BCUT2D eigenvalue weighted by atomic mass is 16.4. The van der Waals surface area contributed by atoms with Gasteiger partial charge in [-0.3, -0.25) is 0 Å². The number of rotatable bonds is 3. The van der Waals surface area contributed by atoms with Crippen molar-refractivity contribution in [2.45, 2.75) is 0 Å². The van der Waals surface area contributed by atoms with Crippen molar-refractivity contribution >= 4 is 28.1 Å². The molecule has 0 spiro atoms. The van der Waals surface area contributed by atoms with Gasteiger partial charge in [-0.2, -0.15) is 0 Å². The second kappa shape index (κ2) is 5.65. The summed E-state index contributed by atoms with van der Waals surface area (Å²) in [5, 5.41) is 28.9. The minimum atomic E-state index is -1.07. The summed E-state index contributed by atoms with van der Waals surface area (Å²) in [5.74, 6) is -1.08. The van der Waals surface area contributed by atoms with Crippen molar-refractivity contribution in [3.8, 4) is 5.75 Å². The van der Waals surface area contributed by atoms with Gasteiger partial charge in [0.15, 0.2) is 0 Å². The lowest BCUT2D eigenvalue weighted by molar-refractivity contribution is 0.0698. The molecule has 5 nitrogen and oxygen atoms in total. The minimum Gasteiger partial charge on any atom is -0.506 e. The summed E-state index contributed by atoms with van der Waals surface area (Å²) in [5.41, 5.74) is 0.617. The molecular weight excluding hydrogens is 280 g/mol. The van der Waals surface area contributed by atoms with Crippen LogP contribution in [-0.2, 0) is 0 Å². The first-order valence-corrected chi connectivity index (χ1v) is 6.61. The Balaban J connectivity index is 2.11. The van der Waals surface area contributed by atoms with E-state index in [0.29, 0.717) is 5.69 Å². The van der Waals surface area contributed by atoms with Crippen molar-refractivity contribution in [1.29, 1.82) is 0 Å². The van der Waals surface area contributed by atoms with Crippen LogP contribution in [0, 0.1) is 0 Å². The lowest BCUT2D eigenvalue weighted by Gasteiger charge is -2.04. The summed E-state index contributed by atoms with van der Waals surface area (Å²) in [6.07, 6.45) is 0. The zero-order chi connectivity index (χ0) is 15.5. The van der Waals surface area contributed by atoms with Crippen LogP contribution in [0.4, 0.5) is 11.4 Å². The van der Waals surface area contributed by atoms with E-state index in [0.717, 1.165) is 10.8 Å². The molecule has 0 aliphatic rings. The minimum absolute atomic E-state index is 0.00439. The maximum Gasteiger partial charge on any atom is 0.337 e. The van der Waals surface area contributed by atoms with E-state index in [9.17, 15) is 9.90 Å². The second-order valence-electron chi connectivity index (χ2n) is 4.68. The van der Waals surface area contributed by atoms with Crippen LogP contribution >= 0.6 is 0 Å². The summed E-state index contributed by atoms with van der Waals surface area (Å²) >= 11 is 0. The number of carbonyl (C=O) groups is 1. The molecule has 0 bridgehead atoms. The molecule has 22 heavy (non-hydrogen) atoms. The largest absolute Gasteiger partial charge is 0.506 e. The fourth-order valence-electron chi connectivity index (χ4n) is 2.19. The first-order chi connectivity index (χ1) is 10.7. The number of fused-ring (bicyclic) bond motifs is 1. The molecule has 2 N–H and O–H groups in total. The average molecular weight is 292 g/mol. The predicted molar refractivity (Wildman–Crippen MR) is 83.2 cm³/mol. The molecule has 0 fully saturated rings. The van der Waals surface area contributed by atoms with Crippen LogP contribution in [0.3, 0.4) is 0 Å². The average Bonchev–Trinajstić information content (AvgIpc) is 2.54. The maximum atomic E-state index is 11.2. The van der Waals surface area contributed by atoms with Gasteiger partial charge in [0.25, 0.3) is 0 Å². The van der Waals surface area contributed by atoms with Gasteiger partial charge in [-0.05, 0) is 23.6 Å². The van der Waals surface area contributed by atoms with Gasteiger partial charge in [0.1, 0.15) is 17.1 Å². The first kappa shape index (κ1) is 13.8. The Hall–Kier alpha value is -3.21. The third-order valence-corrected chi connectivity index (χ3v) is 3.27. The van der Waals surface area contributed by atoms with Gasteiger partial charge < -0.3 is 10.2 Å². The van der Waals surface area contributed by atoms with Crippen LogP contribution in [0.5, 0.6) is 5.75 Å². The second-order valence-corrected chi connectivity index (χ2v) is 4.68. The Morgan fingerprint density at radius 2 is 1.59 bits per heavy atom. The summed E-state index contributed by atoms with van der Waals surface area (Å²) in [7, 11) is 0. The summed E-state index contributed by atoms with van der Waals surface area (Å²) in [6.45, 7) is 0. The Bertz CT molecular complexity index is 888. The molecule has 0 atom stereocenters. The molecule has 0 saturated carbocycles.